The first-order chi connectivity index (χ1) is 12.2. The molecule has 26 heavy (non-hydrogen) atoms. The second kappa shape index (κ2) is 7.78. The van der Waals surface area contributed by atoms with Crippen molar-refractivity contribution in [1.82, 2.24) is 14.8 Å². The van der Waals surface area contributed by atoms with Crippen molar-refractivity contribution >= 4 is 11.9 Å². The Hall–Kier alpha value is -3.21. The van der Waals surface area contributed by atoms with Gasteiger partial charge in [-0.05, 0) is 39.0 Å². The topological polar surface area (TPSA) is 107 Å². The zero-order valence-electron chi connectivity index (χ0n) is 15.1. The number of nitrogens with zero attached hydrogens (tertiary/aromatic N) is 4. The predicted octanol–water partition coefficient (Wildman–Crippen LogP) is 2.53. The molecule has 0 aliphatic heterocycles. The van der Waals surface area contributed by atoms with Crippen LogP contribution in [0.5, 0.6) is 0 Å². The van der Waals surface area contributed by atoms with Crippen LogP contribution in [0.3, 0.4) is 0 Å². The van der Waals surface area contributed by atoms with Crippen LogP contribution in [0.15, 0.2) is 30.6 Å². The summed E-state index contributed by atoms with van der Waals surface area (Å²) < 4.78 is 11.2. The van der Waals surface area contributed by atoms with Crippen molar-refractivity contribution in [2.75, 3.05) is 7.11 Å². The zero-order chi connectivity index (χ0) is 19.3. The summed E-state index contributed by atoms with van der Waals surface area (Å²) in [5.41, 5.74) is 0.596. The van der Waals surface area contributed by atoms with E-state index in [1.165, 1.54) is 17.9 Å². The molecule has 2 rings (SSSR count). The molecule has 0 amide bonds. The van der Waals surface area contributed by atoms with Crippen molar-refractivity contribution in [2.45, 2.75) is 38.8 Å². The molecule has 136 valence electrons. The minimum Gasteiger partial charge on any atom is -0.464 e. The van der Waals surface area contributed by atoms with Gasteiger partial charge in [0.2, 0.25) is 0 Å². The van der Waals surface area contributed by atoms with Crippen LogP contribution in [0.2, 0.25) is 0 Å². The third kappa shape index (κ3) is 4.66. The van der Waals surface area contributed by atoms with Gasteiger partial charge in [0.25, 0.3) is 0 Å². The Kier molecular flexibility index (Phi) is 5.72. The Morgan fingerprint density at radius 3 is 2.50 bits per heavy atom. The van der Waals surface area contributed by atoms with E-state index in [2.05, 4.69) is 10.1 Å². The third-order valence-electron chi connectivity index (χ3n) is 3.33. The zero-order valence-corrected chi connectivity index (χ0v) is 15.1. The van der Waals surface area contributed by atoms with E-state index >= 15 is 0 Å². The quantitative estimate of drug-likeness (QED) is 0.758. The van der Waals surface area contributed by atoms with Gasteiger partial charge < -0.3 is 9.47 Å². The molecule has 1 atom stereocenters. The Bertz CT molecular complexity index is 831. The summed E-state index contributed by atoms with van der Waals surface area (Å²) in [5, 5.41) is 13.8. The summed E-state index contributed by atoms with van der Waals surface area (Å²) in [6.07, 6.45) is 2.94. The van der Waals surface area contributed by atoms with Crippen LogP contribution in [0, 0.1) is 11.3 Å². The molecular weight excluding hydrogens is 336 g/mol. The van der Waals surface area contributed by atoms with E-state index in [0.29, 0.717) is 5.69 Å². The lowest BCUT2D eigenvalue weighted by atomic mass is 10.1. The second-order valence-electron chi connectivity index (χ2n) is 6.52. The molecule has 8 heteroatoms. The summed E-state index contributed by atoms with van der Waals surface area (Å²) in [7, 11) is 1.24. The first-order valence-corrected chi connectivity index (χ1v) is 7.95. The fourth-order valence-corrected chi connectivity index (χ4v) is 2.28. The lowest BCUT2D eigenvalue weighted by molar-refractivity contribution is -0.155. The van der Waals surface area contributed by atoms with Crippen molar-refractivity contribution in [3.05, 3.63) is 36.3 Å². The molecule has 0 aromatic carbocycles. The van der Waals surface area contributed by atoms with Crippen LogP contribution in [0.1, 0.15) is 43.7 Å². The fraction of sp³-hybridized carbons (Fsp3) is 0.389. The third-order valence-corrected chi connectivity index (χ3v) is 3.33. The smallest absolute Gasteiger partial charge is 0.356 e. The molecular formula is C18H20N4O4. The van der Waals surface area contributed by atoms with Gasteiger partial charge in [-0.25, -0.2) is 9.48 Å². The van der Waals surface area contributed by atoms with Crippen molar-refractivity contribution in [3.8, 4) is 17.3 Å². The molecule has 0 N–H and O–H groups in total. The maximum absolute atomic E-state index is 12.1. The molecule has 2 heterocycles. The molecule has 0 fully saturated rings. The minimum atomic E-state index is -1.01. The molecule has 2 aromatic heterocycles. The lowest BCUT2D eigenvalue weighted by Gasteiger charge is -2.20. The van der Waals surface area contributed by atoms with Crippen molar-refractivity contribution in [3.63, 3.8) is 0 Å². The summed E-state index contributed by atoms with van der Waals surface area (Å²) in [5.74, 6) is -1.21. The molecule has 0 saturated heterocycles. The Labute approximate surface area is 151 Å². The highest BCUT2D eigenvalue weighted by Gasteiger charge is 2.27. The fourth-order valence-electron chi connectivity index (χ4n) is 2.28. The van der Waals surface area contributed by atoms with Crippen LogP contribution < -0.4 is 0 Å². The highest BCUT2D eigenvalue weighted by molar-refractivity contribution is 5.89. The number of hydrogen-bond acceptors (Lipinski definition) is 7. The first-order valence-electron chi connectivity index (χ1n) is 7.95. The number of pyridine rings is 1. The monoisotopic (exact) mass is 356 g/mol. The van der Waals surface area contributed by atoms with Crippen molar-refractivity contribution in [2.24, 2.45) is 0 Å². The van der Waals surface area contributed by atoms with Crippen LogP contribution in [-0.4, -0.2) is 39.4 Å². The van der Waals surface area contributed by atoms with E-state index in [0.717, 1.165) is 5.56 Å². The molecule has 8 nitrogen and oxygen atoms in total. The minimum absolute atomic E-state index is 0.0782. The Morgan fingerprint density at radius 1 is 1.31 bits per heavy atom. The summed E-state index contributed by atoms with van der Waals surface area (Å²) >= 11 is 0. The molecule has 0 aliphatic rings. The van der Waals surface area contributed by atoms with Gasteiger partial charge in [0, 0.05) is 18.0 Å². The van der Waals surface area contributed by atoms with E-state index in [4.69, 9.17) is 9.47 Å². The van der Waals surface area contributed by atoms with E-state index < -0.39 is 23.6 Å². The number of esters is 2. The Morgan fingerprint density at radius 2 is 1.96 bits per heavy atom. The van der Waals surface area contributed by atoms with Gasteiger partial charge >= 0.3 is 11.9 Å². The number of hydrogen-bond donors (Lipinski definition) is 0. The van der Waals surface area contributed by atoms with Gasteiger partial charge in [0.05, 0.1) is 25.3 Å². The van der Waals surface area contributed by atoms with Gasteiger partial charge in [-0.1, -0.05) is 0 Å². The van der Waals surface area contributed by atoms with Crippen molar-refractivity contribution < 1.29 is 19.1 Å². The number of nitriles is 1. The standard InChI is InChI=1S/C18H20N4O4/c1-18(2,3)26-16(23)9-13(11-19)22-15(17(24)25-4)10-14(21-22)12-5-7-20-8-6-12/h5-8,10,13H,9H2,1-4H3. The van der Waals surface area contributed by atoms with Crippen LogP contribution >= 0.6 is 0 Å². The number of ether oxygens (including phenoxy) is 2. The van der Waals surface area contributed by atoms with Crippen LogP contribution in [0.4, 0.5) is 0 Å². The molecule has 0 radical (unpaired) electrons. The number of carbonyl (C=O) groups excluding carboxylic acids is 2. The SMILES string of the molecule is COC(=O)c1cc(-c2ccncc2)nn1C(C#N)CC(=O)OC(C)(C)C. The molecule has 0 spiro atoms. The van der Waals surface area contributed by atoms with Gasteiger partial charge in [-0.2, -0.15) is 10.4 Å². The van der Waals surface area contributed by atoms with E-state index in [-0.39, 0.29) is 12.1 Å². The maximum atomic E-state index is 12.1. The Balaban J connectivity index is 2.39. The highest BCUT2D eigenvalue weighted by Crippen LogP contribution is 2.23. The normalized spacial score (nSPS) is 12.1. The van der Waals surface area contributed by atoms with E-state index in [1.54, 1.807) is 45.3 Å². The van der Waals surface area contributed by atoms with Gasteiger partial charge in [-0.3, -0.25) is 9.78 Å². The first kappa shape index (κ1) is 19.1. The molecule has 0 aliphatic carbocycles. The number of rotatable bonds is 5. The maximum Gasteiger partial charge on any atom is 0.356 e. The predicted molar refractivity (Wildman–Crippen MR) is 91.9 cm³/mol. The van der Waals surface area contributed by atoms with Gasteiger partial charge in [-0.15, -0.1) is 0 Å². The number of carbonyl (C=O) groups is 2. The van der Waals surface area contributed by atoms with Crippen molar-refractivity contribution in [1.29, 1.82) is 5.26 Å². The molecule has 2 aromatic rings. The van der Waals surface area contributed by atoms with Crippen LogP contribution in [0.25, 0.3) is 11.3 Å². The summed E-state index contributed by atoms with van der Waals surface area (Å²) in [6.45, 7) is 5.21. The number of aromatic nitrogens is 3. The molecule has 0 saturated carbocycles. The molecule has 1 unspecified atom stereocenters. The average molecular weight is 356 g/mol. The largest absolute Gasteiger partial charge is 0.464 e. The average Bonchev–Trinajstić information content (AvgIpc) is 3.03. The highest BCUT2D eigenvalue weighted by atomic mass is 16.6. The number of methoxy groups -OCH3 is 1. The van der Waals surface area contributed by atoms with Crippen LogP contribution in [-0.2, 0) is 14.3 Å². The summed E-state index contributed by atoms with van der Waals surface area (Å²) in [6, 6.07) is 5.96. The van der Waals surface area contributed by atoms with Gasteiger partial charge in [0.1, 0.15) is 17.3 Å². The van der Waals surface area contributed by atoms with E-state index in [9.17, 15) is 14.9 Å². The van der Waals surface area contributed by atoms with E-state index in [1.807, 2.05) is 6.07 Å². The van der Waals surface area contributed by atoms with Gasteiger partial charge in [0.15, 0.2) is 0 Å². The second-order valence-corrected chi connectivity index (χ2v) is 6.52. The lowest BCUT2D eigenvalue weighted by Crippen LogP contribution is -2.26. The summed E-state index contributed by atoms with van der Waals surface area (Å²) in [4.78, 5) is 28.1. The molecule has 0 bridgehead atoms.